The number of phenolic OH excluding ortho intramolecular Hbond substituents is 1. The van der Waals surface area contributed by atoms with Crippen molar-refractivity contribution in [3.8, 4) is 16.9 Å². The highest BCUT2D eigenvalue weighted by Crippen LogP contribution is 2.26. The predicted octanol–water partition coefficient (Wildman–Crippen LogP) is 4.76. The van der Waals surface area contributed by atoms with E-state index in [2.05, 4.69) is 4.90 Å². The minimum atomic E-state index is -0.402. The van der Waals surface area contributed by atoms with Gasteiger partial charge in [-0.05, 0) is 35.4 Å². The first kappa shape index (κ1) is 23.4. The number of hydrogen-bond acceptors (Lipinski definition) is 4. The zero-order chi connectivity index (χ0) is 24.1. The van der Waals surface area contributed by atoms with E-state index in [9.17, 15) is 14.7 Å². The van der Waals surface area contributed by atoms with E-state index < -0.39 is 11.6 Å². The summed E-state index contributed by atoms with van der Waals surface area (Å²) in [6, 6.07) is 19.3. The SMILES string of the molecule is CC(=O)N1CCN(Cc2ccc(O)c(C(=O)/C=C/c3cccc(-c4ccccc4)c3F)c2)CC1. The lowest BCUT2D eigenvalue weighted by molar-refractivity contribution is -0.130. The summed E-state index contributed by atoms with van der Waals surface area (Å²) in [5.74, 6) is -0.835. The topological polar surface area (TPSA) is 60.9 Å². The molecule has 1 N–H and O–H groups in total. The van der Waals surface area contributed by atoms with Gasteiger partial charge in [0.25, 0.3) is 0 Å². The second kappa shape index (κ2) is 10.4. The standard InChI is InChI=1S/C28H27FN2O3/c1-20(32)31-16-14-30(15-17-31)19-21-10-12-26(33)25(18-21)27(34)13-11-23-8-5-9-24(28(23)29)22-6-3-2-4-7-22/h2-13,18,33H,14-17,19H2,1H3/b13-11+. The van der Waals surface area contributed by atoms with Gasteiger partial charge in [0.05, 0.1) is 5.56 Å². The van der Waals surface area contributed by atoms with Gasteiger partial charge < -0.3 is 10.0 Å². The quantitative estimate of drug-likeness (QED) is 0.428. The van der Waals surface area contributed by atoms with Crippen molar-refractivity contribution in [3.63, 3.8) is 0 Å². The van der Waals surface area contributed by atoms with Crippen LogP contribution in [0.15, 0.2) is 72.8 Å². The number of piperazine rings is 1. The van der Waals surface area contributed by atoms with Crippen molar-refractivity contribution in [1.29, 1.82) is 0 Å². The van der Waals surface area contributed by atoms with Gasteiger partial charge in [0.15, 0.2) is 5.78 Å². The molecule has 1 fully saturated rings. The van der Waals surface area contributed by atoms with Gasteiger partial charge in [0.1, 0.15) is 11.6 Å². The first-order valence-electron chi connectivity index (χ1n) is 11.3. The van der Waals surface area contributed by atoms with Crippen LogP contribution in [0.25, 0.3) is 17.2 Å². The fourth-order valence-electron chi connectivity index (χ4n) is 4.13. The molecule has 0 bridgehead atoms. The Bertz CT molecular complexity index is 1220. The number of carbonyl (C=O) groups excluding carboxylic acids is 2. The second-order valence-electron chi connectivity index (χ2n) is 8.41. The number of benzene rings is 3. The molecule has 3 aromatic rings. The van der Waals surface area contributed by atoms with Crippen molar-refractivity contribution in [1.82, 2.24) is 9.80 Å². The summed E-state index contributed by atoms with van der Waals surface area (Å²) >= 11 is 0. The van der Waals surface area contributed by atoms with Crippen LogP contribution in [0.2, 0.25) is 0 Å². The third kappa shape index (κ3) is 5.41. The number of carbonyl (C=O) groups is 2. The van der Waals surface area contributed by atoms with Crippen molar-refractivity contribution in [2.75, 3.05) is 26.2 Å². The molecule has 1 heterocycles. The average Bonchev–Trinajstić information content (AvgIpc) is 2.85. The molecule has 0 saturated carbocycles. The summed E-state index contributed by atoms with van der Waals surface area (Å²) < 4.78 is 15.1. The van der Waals surface area contributed by atoms with Crippen LogP contribution in [0.4, 0.5) is 4.39 Å². The fourth-order valence-corrected chi connectivity index (χ4v) is 4.13. The molecule has 0 spiro atoms. The zero-order valence-corrected chi connectivity index (χ0v) is 19.1. The van der Waals surface area contributed by atoms with Crippen molar-refractivity contribution < 1.29 is 19.1 Å². The maximum absolute atomic E-state index is 15.1. The van der Waals surface area contributed by atoms with E-state index in [-0.39, 0.29) is 17.2 Å². The van der Waals surface area contributed by atoms with Gasteiger partial charge in [-0.3, -0.25) is 14.5 Å². The highest BCUT2D eigenvalue weighted by Gasteiger charge is 2.19. The number of phenols is 1. The Morgan fingerprint density at radius 2 is 1.71 bits per heavy atom. The van der Waals surface area contributed by atoms with Crippen molar-refractivity contribution in [2.24, 2.45) is 0 Å². The maximum atomic E-state index is 15.1. The third-order valence-electron chi connectivity index (χ3n) is 6.08. The van der Waals surface area contributed by atoms with Crippen LogP contribution in [0.3, 0.4) is 0 Å². The lowest BCUT2D eigenvalue weighted by atomic mass is 10.0. The summed E-state index contributed by atoms with van der Waals surface area (Å²) in [5.41, 5.74) is 2.59. The van der Waals surface area contributed by atoms with E-state index in [0.29, 0.717) is 30.8 Å². The van der Waals surface area contributed by atoms with E-state index in [4.69, 9.17) is 0 Å². The number of aromatic hydroxyl groups is 1. The van der Waals surface area contributed by atoms with Crippen LogP contribution < -0.4 is 0 Å². The molecule has 0 radical (unpaired) electrons. The van der Waals surface area contributed by atoms with Crippen molar-refractivity contribution >= 4 is 17.8 Å². The van der Waals surface area contributed by atoms with Crippen LogP contribution in [0, 0.1) is 5.82 Å². The normalized spacial score (nSPS) is 14.5. The first-order chi connectivity index (χ1) is 16.4. The molecule has 0 atom stereocenters. The lowest BCUT2D eigenvalue weighted by Gasteiger charge is -2.34. The molecular weight excluding hydrogens is 431 g/mol. The first-order valence-corrected chi connectivity index (χ1v) is 11.3. The summed E-state index contributed by atoms with van der Waals surface area (Å²) in [6.07, 6.45) is 2.73. The molecule has 1 aliphatic rings. The molecule has 5 nitrogen and oxygen atoms in total. The van der Waals surface area contributed by atoms with Gasteiger partial charge in [0.2, 0.25) is 5.91 Å². The molecule has 1 saturated heterocycles. The van der Waals surface area contributed by atoms with Gasteiger partial charge in [-0.25, -0.2) is 4.39 Å². The number of ketones is 1. The Morgan fingerprint density at radius 1 is 0.971 bits per heavy atom. The molecule has 6 heteroatoms. The molecule has 3 aromatic carbocycles. The summed E-state index contributed by atoms with van der Waals surface area (Å²) in [6.45, 7) is 5.04. The average molecular weight is 459 g/mol. The molecule has 0 aromatic heterocycles. The third-order valence-corrected chi connectivity index (χ3v) is 6.08. The van der Waals surface area contributed by atoms with Crippen molar-refractivity contribution in [2.45, 2.75) is 13.5 Å². The highest BCUT2D eigenvalue weighted by molar-refractivity contribution is 6.08. The Balaban J connectivity index is 1.48. The number of nitrogens with zero attached hydrogens (tertiary/aromatic N) is 2. The van der Waals surface area contributed by atoms with Gasteiger partial charge in [-0.15, -0.1) is 0 Å². The molecule has 1 amide bonds. The van der Waals surface area contributed by atoms with Crippen LogP contribution in [-0.2, 0) is 11.3 Å². The van der Waals surface area contributed by atoms with E-state index in [1.807, 2.05) is 35.2 Å². The van der Waals surface area contributed by atoms with Gasteiger partial charge in [0, 0.05) is 50.8 Å². The Labute approximate surface area is 198 Å². The van der Waals surface area contributed by atoms with Crippen LogP contribution in [-0.4, -0.2) is 52.8 Å². The highest BCUT2D eigenvalue weighted by atomic mass is 19.1. The van der Waals surface area contributed by atoms with Gasteiger partial charge in [-0.2, -0.15) is 0 Å². The zero-order valence-electron chi connectivity index (χ0n) is 19.1. The Kier molecular flexibility index (Phi) is 7.18. The molecule has 4 rings (SSSR count). The number of allylic oxidation sites excluding steroid dienone is 1. The van der Waals surface area contributed by atoms with E-state index in [0.717, 1.165) is 24.2 Å². The number of hydrogen-bond donors (Lipinski definition) is 1. The molecule has 174 valence electrons. The molecular formula is C28H27FN2O3. The fraction of sp³-hybridized carbons (Fsp3) is 0.214. The number of halogens is 1. The summed E-state index contributed by atoms with van der Waals surface area (Å²) in [7, 11) is 0. The monoisotopic (exact) mass is 458 g/mol. The van der Waals surface area contributed by atoms with Crippen molar-refractivity contribution in [3.05, 3.63) is 95.3 Å². The number of rotatable bonds is 6. The van der Waals surface area contributed by atoms with E-state index in [1.54, 1.807) is 37.3 Å². The largest absolute Gasteiger partial charge is 0.507 e. The van der Waals surface area contributed by atoms with Crippen LogP contribution in [0.1, 0.15) is 28.4 Å². The van der Waals surface area contributed by atoms with Gasteiger partial charge >= 0.3 is 0 Å². The minimum absolute atomic E-state index is 0.0784. The summed E-state index contributed by atoms with van der Waals surface area (Å²) in [5, 5.41) is 10.3. The Morgan fingerprint density at radius 3 is 2.41 bits per heavy atom. The molecule has 34 heavy (non-hydrogen) atoms. The van der Waals surface area contributed by atoms with Gasteiger partial charge in [-0.1, -0.05) is 54.6 Å². The Hall–Kier alpha value is -3.77. The van der Waals surface area contributed by atoms with E-state index >= 15 is 4.39 Å². The lowest BCUT2D eigenvalue weighted by Crippen LogP contribution is -2.47. The second-order valence-corrected chi connectivity index (χ2v) is 8.41. The minimum Gasteiger partial charge on any atom is -0.507 e. The van der Waals surface area contributed by atoms with Crippen LogP contribution >= 0.6 is 0 Å². The van der Waals surface area contributed by atoms with Crippen LogP contribution in [0.5, 0.6) is 5.75 Å². The summed E-state index contributed by atoms with van der Waals surface area (Å²) in [4.78, 5) is 28.4. The molecule has 1 aliphatic heterocycles. The van der Waals surface area contributed by atoms with E-state index in [1.165, 1.54) is 18.2 Å². The molecule has 0 unspecified atom stereocenters. The predicted molar refractivity (Wildman–Crippen MR) is 131 cm³/mol. The smallest absolute Gasteiger partial charge is 0.219 e. The maximum Gasteiger partial charge on any atom is 0.219 e. The number of amides is 1. The molecule has 0 aliphatic carbocycles.